The third kappa shape index (κ3) is 12.0. The number of rotatable bonds is 16. The lowest BCUT2D eigenvalue weighted by Gasteiger charge is -2.09. The normalized spacial score (nSPS) is 10.8. The Labute approximate surface area is 195 Å². The summed E-state index contributed by atoms with van der Waals surface area (Å²) in [6.45, 7) is 2.62. The van der Waals surface area contributed by atoms with Crippen molar-refractivity contribution in [2.45, 2.75) is 90.4 Å². The number of carbonyl (C=O) groups excluding carboxylic acids is 2. The van der Waals surface area contributed by atoms with Gasteiger partial charge in [-0.15, -0.1) is 0 Å². The van der Waals surface area contributed by atoms with Gasteiger partial charge in [-0.25, -0.2) is 0 Å². The number of halogens is 3. The molecule has 0 bridgehead atoms. The quantitative estimate of drug-likeness (QED) is 0.104. The van der Waals surface area contributed by atoms with Crippen LogP contribution in [0.1, 0.15) is 90.4 Å². The highest BCUT2D eigenvalue weighted by Crippen LogP contribution is 2.38. The van der Waals surface area contributed by atoms with Crippen molar-refractivity contribution in [1.29, 1.82) is 0 Å². The average Bonchev–Trinajstić information content (AvgIpc) is 2.73. The molecule has 0 N–H and O–H groups in total. The summed E-state index contributed by atoms with van der Waals surface area (Å²) in [5.41, 5.74) is 0. The van der Waals surface area contributed by atoms with Crippen LogP contribution in [0.5, 0.6) is 5.75 Å². The summed E-state index contributed by atoms with van der Waals surface area (Å²) in [6, 6.07) is 3.00. The highest BCUT2D eigenvalue weighted by atomic mass is 35.5. The van der Waals surface area contributed by atoms with E-state index in [1.54, 1.807) is 0 Å². The van der Waals surface area contributed by atoms with Crippen molar-refractivity contribution >= 4 is 46.7 Å². The van der Waals surface area contributed by atoms with Gasteiger partial charge in [-0.05, 0) is 18.6 Å². The summed E-state index contributed by atoms with van der Waals surface area (Å²) in [6.07, 6.45) is 13.5. The largest absolute Gasteiger partial charge is 0.466 e. The molecule has 0 atom stereocenters. The third-order valence-corrected chi connectivity index (χ3v) is 5.85. The van der Waals surface area contributed by atoms with Crippen molar-refractivity contribution < 1.29 is 19.1 Å². The van der Waals surface area contributed by atoms with Crippen LogP contribution in [0, 0.1) is 0 Å². The SMILES string of the molecule is CCCCCCCCCCCCCOC(=O)CCC(=O)Oc1c(Cl)ccc(Cl)c1Cl. The number of benzene rings is 1. The second-order valence-electron chi connectivity index (χ2n) is 7.40. The Hall–Kier alpha value is -0.970. The first-order chi connectivity index (χ1) is 14.5. The lowest BCUT2D eigenvalue weighted by molar-refractivity contribution is -0.147. The van der Waals surface area contributed by atoms with Gasteiger partial charge in [0.15, 0.2) is 5.75 Å². The van der Waals surface area contributed by atoms with Gasteiger partial charge in [-0.1, -0.05) is 106 Å². The summed E-state index contributed by atoms with van der Waals surface area (Å²) in [5, 5.41) is 0.476. The molecule has 0 radical (unpaired) electrons. The molecule has 1 aromatic rings. The molecule has 0 fully saturated rings. The number of hydrogen-bond acceptors (Lipinski definition) is 4. The van der Waals surface area contributed by atoms with E-state index in [1.807, 2.05) is 0 Å². The fourth-order valence-corrected chi connectivity index (χ4v) is 3.59. The molecule has 0 aliphatic rings. The third-order valence-electron chi connectivity index (χ3n) is 4.76. The minimum absolute atomic E-state index is 0.00478. The van der Waals surface area contributed by atoms with Gasteiger partial charge in [0, 0.05) is 0 Å². The maximum absolute atomic E-state index is 11.9. The summed E-state index contributed by atoms with van der Waals surface area (Å²) >= 11 is 17.8. The van der Waals surface area contributed by atoms with Gasteiger partial charge in [0.05, 0.1) is 29.5 Å². The molecule has 170 valence electrons. The molecule has 1 rings (SSSR count). The van der Waals surface area contributed by atoms with Crippen LogP contribution < -0.4 is 4.74 Å². The van der Waals surface area contributed by atoms with Crippen LogP contribution in [0.2, 0.25) is 15.1 Å². The Morgan fingerprint density at radius 1 is 0.733 bits per heavy atom. The van der Waals surface area contributed by atoms with Crippen LogP contribution in [0.3, 0.4) is 0 Å². The molecule has 0 heterocycles. The number of carbonyl (C=O) groups is 2. The van der Waals surface area contributed by atoms with Gasteiger partial charge in [0.1, 0.15) is 5.02 Å². The van der Waals surface area contributed by atoms with Gasteiger partial charge in [0.2, 0.25) is 0 Å². The predicted molar refractivity (Wildman–Crippen MR) is 124 cm³/mol. The zero-order chi connectivity index (χ0) is 22.2. The fraction of sp³-hybridized carbons (Fsp3) is 0.652. The lowest BCUT2D eigenvalue weighted by atomic mass is 10.1. The second-order valence-corrected chi connectivity index (χ2v) is 8.59. The molecule has 7 heteroatoms. The lowest BCUT2D eigenvalue weighted by Crippen LogP contribution is -2.13. The Bertz CT molecular complexity index is 650. The topological polar surface area (TPSA) is 52.6 Å². The van der Waals surface area contributed by atoms with Crippen LogP contribution in [-0.4, -0.2) is 18.5 Å². The highest BCUT2D eigenvalue weighted by molar-refractivity contribution is 6.44. The zero-order valence-corrected chi connectivity index (χ0v) is 20.1. The first kappa shape index (κ1) is 27.1. The first-order valence-corrected chi connectivity index (χ1v) is 12.1. The Morgan fingerprint density at radius 2 is 1.23 bits per heavy atom. The van der Waals surface area contributed by atoms with Crippen LogP contribution >= 0.6 is 34.8 Å². The number of esters is 2. The van der Waals surface area contributed by atoms with Crippen molar-refractivity contribution in [3.8, 4) is 5.75 Å². The van der Waals surface area contributed by atoms with E-state index < -0.39 is 11.9 Å². The molecule has 0 amide bonds. The van der Waals surface area contributed by atoms with Crippen molar-refractivity contribution in [1.82, 2.24) is 0 Å². The van der Waals surface area contributed by atoms with Crippen LogP contribution in [0.25, 0.3) is 0 Å². The van der Waals surface area contributed by atoms with Crippen molar-refractivity contribution in [3.63, 3.8) is 0 Å². The van der Waals surface area contributed by atoms with Gasteiger partial charge < -0.3 is 9.47 Å². The number of ether oxygens (including phenoxy) is 2. The van der Waals surface area contributed by atoms with E-state index in [0.29, 0.717) is 6.61 Å². The summed E-state index contributed by atoms with van der Waals surface area (Å²) in [7, 11) is 0. The molecule has 0 aliphatic heterocycles. The van der Waals surface area contributed by atoms with Gasteiger partial charge in [-0.3, -0.25) is 9.59 Å². The van der Waals surface area contributed by atoms with Gasteiger partial charge in [0.25, 0.3) is 0 Å². The summed E-state index contributed by atoms with van der Waals surface area (Å²) in [5.74, 6) is -1.03. The monoisotopic (exact) mass is 478 g/mol. The van der Waals surface area contributed by atoms with Gasteiger partial charge >= 0.3 is 11.9 Å². The van der Waals surface area contributed by atoms with E-state index in [-0.39, 0.29) is 33.7 Å². The van der Waals surface area contributed by atoms with E-state index in [0.717, 1.165) is 12.8 Å². The Morgan fingerprint density at radius 3 is 1.83 bits per heavy atom. The van der Waals surface area contributed by atoms with Crippen molar-refractivity contribution in [2.24, 2.45) is 0 Å². The molecular weight excluding hydrogens is 447 g/mol. The molecule has 4 nitrogen and oxygen atoms in total. The number of hydrogen-bond donors (Lipinski definition) is 0. The Kier molecular flexibility index (Phi) is 15.1. The highest BCUT2D eigenvalue weighted by Gasteiger charge is 2.16. The fourth-order valence-electron chi connectivity index (χ4n) is 3.00. The minimum Gasteiger partial charge on any atom is -0.466 e. The molecule has 0 saturated carbocycles. The molecule has 0 saturated heterocycles. The molecular formula is C23H33Cl3O4. The summed E-state index contributed by atoms with van der Waals surface area (Å²) in [4.78, 5) is 23.7. The van der Waals surface area contributed by atoms with E-state index in [2.05, 4.69) is 6.92 Å². The molecule has 30 heavy (non-hydrogen) atoms. The predicted octanol–water partition coefficient (Wildman–Crippen LogP) is 8.19. The van der Waals surface area contributed by atoms with Crippen LogP contribution in [0.4, 0.5) is 0 Å². The van der Waals surface area contributed by atoms with E-state index >= 15 is 0 Å². The molecule has 1 aromatic carbocycles. The standard InChI is InChI=1S/C23H33Cl3O4/c1-2-3-4-5-6-7-8-9-10-11-12-17-29-20(27)15-16-21(28)30-23-19(25)14-13-18(24)22(23)26/h13-14H,2-12,15-17H2,1H3. The minimum atomic E-state index is -0.618. The maximum Gasteiger partial charge on any atom is 0.311 e. The molecule has 0 aliphatic carbocycles. The van der Waals surface area contributed by atoms with E-state index in [9.17, 15) is 9.59 Å². The van der Waals surface area contributed by atoms with Crippen LogP contribution in [-0.2, 0) is 14.3 Å². The molecule has 0 unspecified atom stereocenters. The van der Waals surface area contributed by atoms with Crippen molar-refractivity contribution in [2.75, 3.05) is 6.61 Å². The summed E-state index contributed by atoms with van der Waals surface area (Å²) < 4.78 is 10.3. The van der Waals surface area contributed by atoms with E-state index in [1.165, 1.54) is 69.9 Å². The average molecular weight is 480 g/mol. The smallest absolute Gasteiger partial charge is 0.311 e. The van der Waals surface area contributed by atoms with Crippen LogP contribution in [0.15, 0.2) is 12.1 Å². The molecule has 0 aromatic heterocycles. The van der Waals surface area contributed by atoms with Gasteiger partial charge in [-0.2, -0.15) is 0 Å². The van der Waals surface area contributed by atoms with E-state index in [4.69, 9.17) is 44.3 Å². The maximum atomic E-state index is 11.9. The zero-order valence-electron chi connectivity index (χ0n) is 17.8. The van der Waals surface area contributed by atoms with Crippen molar-refractivity contribution in [3.05, 3.63) is 27.2 Å². The molecule has 0 spiro atoms. The number of unbranched alkanes of at least 4 members (excludes halogenated alkanes) is 10. The second kappa shape index (κ2) is 16.7. The first-order valence-electron chi connectivity index (χ1n) is 11.0. The Balaban J connectivity index is 2.03.